The maximum atomic E-state index is 6.84. The molecular formula is C17H21Cl2N. The van der Waals surface area contributed by atoms with Crippen LogP contribution in [0.2, 0.25) is 10.0 Å². The Balaban J connectivity index is 1.58. The van der Waals surface area contributed by atoms with Gasteiger partial charge in [0.05, 0.1) is 10.0 Å². The van der Waals surface area contributed by atoms with E-state index < -0.39 is 0 Å². The van der Waals surface area contributed by atoms with Gasteiger partial charge in [0.15, 0.2) is 0 Å². The van der Waals surface area contributed by atoms with Gasteiger partial charge < -0.3 is 5.73 Å². The van der Waals surface area contributed by atoms with Gasteiger partial charge in [-0.25, -0.2) is 0 Å². The molecule has 3 aliphatic carbocycles. The molecule has 0 amide bonds. The van der Waals surface area contributed by atoms with Crippen molar-refractivity contribution in [3.05, 3.63) is 33.8 Å². The molecule has 1 aromatic carbocycles. The summed E-state index contributed by atoms with van der Waals surface area (Å²) in [4.78, 5) is 0. The van der Waals surface area contributed by atoms with Crippen molar-refractivity contribution in [1.29, 1.82) is 0 Å². The number of fused-ring (bicyclic) bond motifs is 5. The third-order valence-electron chi connectivity index (χ3n) is 6.20. The van der Waals surface area contributed by atoms with Crippen molar-refractivity contribution in [1.82, 2.24) is 0 Å². The second-order valence-corrected chi connectivity index (χ2v) is 8.04. The molecule has 2 N–H and O–H groups in total. The van der Waals surface area contributed by atoms with Crippen molar-refractivity contribution in [3.63, 3.8) is 0 Å². The monoisotopic (exact) mass is 309 g/mol. The van der Waals surface area contributed by atoms with Crippen molar-refractivity contribution in [3.8, 4) is 0 Å². The van der Waals surface area contributed by atoms with E-state index in [9.17, 15) is 0 Å². The highest BCUT2D eigenvalue weighted by Crippen LogP contribution is 2.62. The van der Waals surface area contributed by atoms with Gasteiger partial charge in [-0.05, 0) is 73.5 Å². The average Bonchev–Trinajstić information content (AvgIpc) is 3.04. The molecule has 0 heterocycles. The Morgan fingerprint density at radius 3 is 2.75 bits per heavy atom. The zero-order valence-electron chi connectivity index (χ0n) is 11.6. The lowest BCUT2D eigenvalue weighted by Crippen LogP contribution is -2.50. The third kappa shape index (κ3) is 1.94. The Hall–Kier alpha value is -0.240. The Labute approximate surface area is 130 Å². The summed E-state index contributed by atoms with van der Waals surface area (Å²) in [5, 5.41) is 1.28. The summed E-state index contributed by atoms with van der Waals surface area (Å²) in [5.41, 5.74) is 8.08. The largest absolute Gasteiger partial charge is 0.325 e. The molecule has 20 heavy (non-hydrogen) atoms. The van der Waals surface area contributed by atoms with E-state index in [2.05, 4.69) is 6.07 Å². The maximum Gasteiger partial charge on any atom is 0.0595 e. The van der Waals surface area contributed by atoms with Gasteiger partial charge in [-0.3, -0.25) is 0 Å². The Kier molecular flexibility index (Phi) is 3.11. The average molecular weight is 310 g/mol. The summed E-state index contributed by atoms with van der Waals surface area (Å²) in [6.45, 7) is 0. The number of nitrogens with two attached hydrogens (primary N) is 1. The topological polar surface area (TPSA) is 26.0 Å². The maximum absolute atomic E-state index is 6.84. The fourth-order valence-electron chi connectivity index (χ4n) is 5.55. The molecule has 2 bridgehead atoms. The quantitative estimate of drug-likeness (QED) is 0.842. The van der Waals surface area contributed by atoms with Crippen LogP contribution < -0.4 is 5.73 Å². The molecule has 3 heteroatoms. The first kappa shape index (κ1) is 13.4. The van der Waals surface area contributed by atoms with Crippen molar-refractivity contribution in [2.24, 2.45) is 29.4 Å². The van der Waals surface area contributed by atoms with Crippen LogP contribution >= 0.6 is 23.2 Å². The predicted molar refractivity (Wildman–Crippen MR) is 84.1 cm³/mol. The Bertz CT molecular complexity index is 544. The highest BCUT2D eigenvalue weighted by atomic mass is 35.5. The predicted octanol–water partition coefficient (Wildman–Crippen LogP) is 4.69. The molecule has 3 saturated carbocycles. The number of hydrogen-bond donors (Lipinski definition) is 1. The van der Waals surface area contributed by atoms with Gasteiger partial charge in [0.1, 0.15) is 0 Å². The van der Waals surface area contributed by atoms with E-state index in [-0.39, 0.29) is 5.54 Å². The lowest BCUT2D eigenvalue weighted by atomic mass is 9.69. The minimum Gasteiger partial charge on any atom is -0.325 e. The summed E-state index contributed by atoms with van der Waals surface area (Å²) in [6, 6.07) is 5.98. The normalized spacial score (nSPS) is 42.1. The van der Waals surface area contributed by atoms with E-state index in [4.69, 9.17) is 28.9 Å². The molecule has 4 rings (SSSR count). The molecule has 0 aliphatic heterocycles. The first-order chi connectivity index (χ1) is 9.57. The van der Waals surface area contributed by atoms with Crippen molar-refractivity contribution in [2.75, 3.05) is 0 Å². The van der Waals surface area contributed by atoms with Crippen LogP contribution in [0.4, 0.5) is 0 Å². The molecular weight excluding hydrogens is 289 g/mol. The van der Waals surface area contributed by atoms with Crippen LogP contribution in [0.1, 0.15) is 37.7 Å². The third-order valence-corrected chi connectivity index (χ3v) is 6.94. The van der Waals surface area contributed by atoms with Crippen LogP contribution in [-0.2, 0) is 6.42 Å². The minimum absolute atomic E-state index is 0.00662. The SMILES string of the molecule is NC1(Cc2ccc(Cl)c(Cl)c2)CC2CC1C1CCCC21. The smallest absolute Gasteiger partial charge is 0.0595 e. The van der Waals surface area contributed by atoms with Crippen LogP contribution in [0.3, 0.4) is 0 Å². The molecule has 0 radical (unpaired) electrons. The second-order valence-electron chi connectivity index (χ2n) is 7.22. The molecule has 1 aromatic rings. The molecule has 108 valence electrons. The second kappa shape index (κ2) is 4.63. The Morgan fingerprint density at radius 1 is 1.15 bits per heavy atom. The molecule has 0 aromatic heterocycles. The van der Waals surface area contributed by atoms with Gasteiger partial charge in [0.2, 0.25) is 0 Å². The number of rotatable bonds is 2. The summed E-state index contributed by atoms with van der Waals surface area (Å²) in [7, 11) is 0. The zero-order valence-corrected chi connectivity index (χ0v) is 13.1. The Morgan fingerprint density at radius 2 is 1.95 bits per heavy atom. The van der Waals surface area contributed by atoms with Crippen LogP contribution in [0, 0.1) is 23.7 Å². The van der Waals surface area contributed by atoms with E-state index in [0.29, 0.717) is 10.0 Å². The lowest BCUT2D eigenvalue weighted by molar-refractivity contribution is 0.156. The van der Waals surface area contributed by atoms with Crippen molar-refractivity contribution >= 4 is 23.2 Å². The molecule has 0 saturated heterocycles. The summed E-state index contributed by atoms with van der Waals surface area (Å²) < 4.78 is 0. The lowest BCUT2D eigenvalue weighted by Gasteiger charge is -2.40. The van der Waals surface area contributed by atoms with Gasteiger partial charge in [0, 0.05) is 5.54 Å². The van der Waals surface area contributed by atoms with Gasteiger partial charge in [0.25, 0.3) is 0 Å². The standard InChI is InChI=1S/C17H21Cl2N/c18-15-5-4-10(6-16(15)19)8-17(20)9-11-7-14(17)13-3-1-2-12(11)13/h4-6,11-14H,1-3,7-9,20H2. The van der Waals surface area contributed by atoms with Crippen molar-refractivity contribution in [2.45, 2.75) is 44.1 Å². The first-order valence-electron chi connectivity index (χ1n) is 7.80. The fourth-order valence-corrected chi connectivity index (χ4v) is 5.87. The van der Waals surface area contributed by atoms with E-state index in [1.54, 1.807) is 0 Å². The molecule has 1 nitrogen and oxygen atoms in total. The minimum atomic E-state index is -0.00662. The van der Waals surface area contributed by atoms with Crippen LogP contribution in [0.25, 0.3) is 0 Å². The van der Waals surface area contributed by atoms with Crippen LogP contribution in [-0.4, -0.2) is 5.54 Å². The summed E-state index contributed by atoms with van der Waals surface area (Å²) >= 11 is 12.1. The molecule has 5 atom stereocenters. The number of hydrogen-bond acceptors (Lipinski definition) is 1. The fraction of sp³-hybridized carbons (Fsp3) is 0.647. The van der Waals surface area contributed by atoms with Gasteiger partial charge in [-0.1, -0.05) is 35.7 Å². The molecule has 5 unspecified atom stereocenters. The van der Waals surface area contributed by atoms with Gasteiger partial charge in [-0.15, -0.1) is 0 Å². The molecule has 3 aliphatic rings. The molecule has 3 fully saturated rings. The number of benzene rings is 1. The van der Waals surface area contributed by atoms with Gasteiger partial charge >= 0.3 is 0 Å². The van der Waals surface area contributed by atoms with E-state index in [1.165, 1.54) is 37.7 Å². The summed E-state index contributed by atoms with van der Waals surface area (Å²) in [6.07, 6.45) is 7.81. The van der Waals surface area contributed by atoms with E-state index in [0.717, 1.165) is 30.1 Å². The van der Waals surface area contributed by atoms with Crippen LogP contribution in [0.15, 0.2) is 18.2 Å². The highest BCUT2D eigenvalue weighted by molar-refractivity contribution is 6.42. The van der Waals surface area contributed by atoms with Gasteiger partial charge in [-0.2, -0.15) is 0 Å². The highest BCUT2D eigenvalue weighted by Gasteiger charge is 2.58. The van der Waals surface area contributed by atoms with E-state index >= 15 is 0 Å². The summed E-state index contributed by atoms with van der Waals surface area (Å²) in [5.74, 6) is 3.52. The molecule has 0 spiro atoms. The van der Waals surface area contributed by atoms with Crippen molar-refractivity contribution < 1.29 is 0 Å². The van der Waals surface area contributed by atoms with E-state index in [1.807, 2.05) is 12.1 Å². The van der Waals surface area contributed by atoms with Crippen LogP contribution in [0.5, 0.6) is 0 Å². The first-order valence-corrected chi connectivity index (χ1v) is 8.55. The zero-order chi connectivity index (χ0) is 13.9. The number of halogens is 2.